The fourth-order valence-electron chi connectivity index (χ4n) is 1.96. The maximum absolute atomic E-state index is 12.3. The molecule has 0 saturated heterocycles. The fraction of sp³-hybridized carbons (Fsp3) is 0.188. The first-order valence-electron chi connectivity index (χ1n) is 6.13. The topological polar surface area (TPSA) is 29.1 Å². The van der Waals surface area contributed by atoms with Gasteiger partial charge in [0.2, 0.25) is 0 Å². The Balaban J connectivity index is 2.31. The first-order chi connectivity index (χ1) is 8.99. The first kappa shape index (κ1) is 13.6. The van der Waals surface area contributed by atoms with Crippen LogP contribution in [-0.4, -0.2) is 5.91 Å². The van der Waals surface area contributed by atoms with Gasteiger partial charge in [0.1, 0.15) is 0 Å². The lowest BCUT2D eigenvalue weighted by Crippen LogP contribution is -2.14. The SMILES string of the molecule is Cc1cc(C)c(C(=O)Nc2ccccc2Cl)cc1C. The highest BCUT2D eigenvalue weighted by molar-refractivity contribution is 6.33. The third-order valence-electron chi connectivity index (χ3n) is 3.21. The second kappa shape index (κ2) is 5.45. The highest BCUT2D eigenvalue weighted by Gasteiger charge is 2.12. The number of carbonyl (C=O) groups is 1. The van der Waals surface area contributed by atoms with Crippen LogP contribution in [0.3, 0.4) is 0 Å². The van der Waals surface area contributed by atoms with E-state index in [-0.39, 0.29) is 5.91 Å². The molecule has 0 unspecified atom stereocenters. The minimum Gasteiger partial charge on any atom is -0.321 e. The molecule has 0 heterocycles. The number of hydrogen-bond donors (Lipinski definition) is 1. The van der Waals surface area contributed by atoms with Gasteiger partial charge in [0.05, 0.1) is 10.7 Å². The smallest absolute Gasteiger partial charge is 0.255 e. The van der Waals surface area contributed by atoms with Crippen molar-refractivity contribution in [2.45, 2.75) is 20.8 Å². The normalized spacial score (nSPS) is 10.3. The van der Waals surface area contributed by atoms with Crippen molar-refractivity contribution in [2.24, 2.45) is 0 Å². The lowest BCUT2D eigenvalue weighted by molar-refractivity contribution is 0.102. The lowest BCUT2D eigenvalue weighted by atomic mass is 10.0. The summed E-state index contributed by atoms with van der Waals surface area (Å²) in [6, 6.07) is 11.2. The van der Waals surface area contributed by atoms with Crippen LogP contribution in [0.5, 0.6) is 0 Å². The predicted molar refractivity (Wildman–Crippen MR) is 80.1 cm³/mol. The van der Waals surface area contributed by atoms with Crippen molar-refractivity contribution in [3.05, 3.63) is 63.7 Å². The number of halogens is 1. The van der Waals surface area contributed by atoms with Gasteiger partial charge in [-0.15, -0.1) is 0 Å². The molecule has 3 heteroatoms. The summed E-state index contributed by atoms with van der Waals surface area (Å²) in [7, 11) is 0. The van der Waals surface area contributed by atoms with E-state index in [1.807, 2.05) is 45.0 Å². The summed E-state index contributed by atoms with van der Waals surface area (Å²) in [5.74, 6) is -0.131. The summed E-state index contributed by atoms with van der Waals surface area (Å²) in [5.41, 5.74) is 4.57. The number of nitrogens with one attached hydrogen (secondary N) is 1. The first-order valence-corrected chi connectivity index (χ1v) is 6.50. The van der Waals surface area contributed by atoms with Crippen molar-refractivity contribution >= 4 is 23.2 Å². The average Bonchev–Trinajstić information content (AvgIpc) is 2.36. The van der Waals surface area contributed by atoms with Gasteiger partial charge in [0.15, 0.2) is 0 Å². The van der Waals surface area contributed by atoms with Crippen LogP contribution in [0, 0.1) is 20.8 Å². The molecular formula is C16H16ClNO. The van der Waals surface area contributed by atoms with E-state index in [0.29, 0.717) is 16.3 Å². The van der Waals surface area contributed by atoms with E-state index >= 15 is 0 Å². The number of aryl methyl sites for hydroxylation is 3. The number of para-hydroxylation sites is 1. The van der Waals surface area contributed by atoms with E-state index < -0.39 is 0 Å². The van der Waals surface area contributed by atoms with Crippen molar-refractivity contribution in [1.82, 2.24) is 0 Å². The van der Waals surface area contributed by atoms with Crippen molar-refractivity contribution < 1.29 is 4.79 Å². The van der Waals surface area contributed by atoms with Gasteiger partial charge in [-0.25, -0.2) is 0 Å². The van der Waals surface area contributed by atoms with Crippen molar-refractivity contribution in [3.8, 4) is 0 Å². The summed E-state index contributed by atoms with van der Waals surface area (Å²) in [5, 5.41) is 3.38. The minimum atomic E-state index is -0.131. The van der Waals surface area contributed by atoms with Crippen LogP contribution in [0.15, 0.2) is 36.4 Å². The van der Waals surface area contributed by atoms with Crippen LogP contribution in [0.25, 0.3) is 0 Å². The van der Waals surface area contributed by atoms with Gasteiger partial charge < -0.3 is 5.32 Å². The molecule has 0 aliphatic rings. The molecular weight excluding hydrogens is 258 g/mol. The molecule has 0 atom stereocenters. The largest absolute Gasteiger partial charge is 0.321 e. The maximum Gasteiger partial charge on any atom is 0.255 e. The number of carbonyl (C=O) groups excluding carboxylic acids is 1. The molecule has 2 rings (SSSR count). The monoisotopic (exact) mass is 273 g/mol. The molecule has 2 aromatic carbocycles. The second-order valence-electron chi connectivity index (χ2n) is 4.69. The number of rotatable bonds is 2. The number of hydrogen-bond acceptors (Lipinski definition) is 1. The Kier molecular flexibility index (Phi) is 3.91. The molecule has 0 spiro atoms. The Morgan fingerprint density at radius 3 is 2.32 bits per heavy atom. The molecule has 0 aromatic heterocycles. The van der Waals surface area contributed by atoms with E-state index in [4.69, 9.17) is 11.6 Å². The summed E-state index contributed by atoms with van der Waals surface area (Å²) in [6.45, 7) is 5.98. The second-order valence-corrected chi connectivity index (χ2v) is 5.09. The van der Waals surface area contributed by atoms with Crippen LogP contribution in [0.1, 0.15) is 27.0 Å². The highest BCUT2D eigenvalue weighted by atomic mass is 35.5. The van der Waals surface area contributed by atoms with Crippen molar-refractivity contribution in [1.29, 1.82) is 0 Å². The molecule has 0 saturated carbocycles. The fourth-order valence-corrected chi connectivity index (χ4v) is 2.14. The lowest BCUT2D eigenvalue weighted by Gasteiger charge is -2.11. The zero-order valence-corrected chi connectivity index (χ0v) is 12.0. The Morgan fingerprint density at radius 2 is 1.63 bits per heavy atom. The van der Waals surface area contributed by atoms with E-state index in [9.17, 15) is 4.79 Å². The van der Waals surface area contributed by atoms with Crippen LogP contribution in [-0.2, 0) is 0 Å². The number of amides is 1. The maximum atomic E-state index is 12.3. The molecule has 0 bridgehead atoms. The molecule has 0 aliphatic heterocycles. The zero-order chi connectivity index (χ0) is 14.0. The predicted octanol–water partition coefficient (Wildman–Crippen LogP) is 4.52. The Hall–Kier alpha value is -1.80. The summed E-state index contributed by atoms with van der Waals surface area (Å²) >= 11 is 6.04. The van der Waals surface area contributed by atoms with Crippen LogP contribution < -0.4 is 5.32 Å². The standard InChI is InChI=1S/C16H16ClNO/c1-10-8-12(3)13(9-11(10)2)16(19)18-15-7-5-4-6-14(15)17/h4-9H,1-3H3,(H,18,19). The molecule has 0 radical (unpaired) electrons. The van der Waals surface area contributed by atoms with Gasteiger partial charge in [0, 0.05) is 5.56 Å². The van der Waals surface area contributed by atoms with Crippen LogP contribution >= 0.6 is 11.6 Å². The third kappa shape index (κ3) is 2.96. The summed E-state index contributed by atoms with van der Waals surface area (Å²) in [6.07, 6.45) is 0. The van der Waals surface area contributed by atoms with E-state index in [1.165, 1.54) is 5.56 Å². The minimum absolute atomic E-state index is 0.131. The molecule has 2 nitrogen and oxygen atoms in total. The molecule has 19 heavy (non-hydrogen) atoms. The van der Waals surface area contributed by atoms with Gasteiger partial charge in [-0.05, 0) is 55.7 Å². The van der Waals surface area contributed by atoms with Gasteiger partial charge in [-0.1, -0.05) is 29.8 Å². The van der Waals surface area contributed by atoms with Crippen LogP contribution in [0.4, 0.5) is 5.69 Å². The van der Waals surface area contributed by atoms with E-state index in [1.54, 1.807) is 12.1 Å². The van der Waals surface area contributed by atoms with Gasteiger partial charge in [-0.2, -0.15) is 0 Å². The third-order valence-corrected chi connectivity index (χ3v) is 3.54. The molecule has 2 aromatic rings. The molecule has 1 amide bonds. The number of benzene rings is 2. The molecule has 1 N–H and O–H groups in total. The van der Waals surface area contributed by atoms with E-state index in [2.05, 4.69) is 5.32 Å². The van der Waals surface area contributed by atoms with Crippen LogP contribution in [0.2, 0.25) is 5.02 Å². The van der Waals surface area contributed by atoms with Gasteiger partial charge >= 0.3 is 0 Å². The summed E-state index contributed by atoms with van der Waals surface area (Å²) in [4.78, 5) is 12.3. The zero-order valence-electron chi connectivity index (χ0n) is 11.3. The average molecular weight is 274 g/mol. The molecule has 0 fully saturated rings. The van der Waals surface area contributed by atoms with Crippen molar-refractivity contribution in [2.75, 3.05) is 5.32 Å². The highest BCUT2D eigenvalue weighted by Crippen LogP contribution is 2.22. The molecule has 98 valence electrons. The molecule has 0 aliphatic carbocycles. The quantitative estimate of drug-likeness (QED) is 0.856. The Labute approximate surface area is 118 Å². The Morgan fingerprint density at radius 1 is 1.00 bits per heavy atom. The number of anilines is 1. The van der Waals surface area contributed by atoms with E-state index in [0.717, 1.165) is 11.1 Å². The van der Waals surface area contributed by atoms with Crippen molar-refractivity contribution in [3.63, 3.8) is 0 Å². The van der Waals surface area contributed by atoms with Gasteiger partial charge in [0.25, 0.3) is 5.91 Å². The van der Waals surface area contributed by atoms with Gasteiger partial charge in [-0.3, -0.25) is 4.79 Å². The Bertz CT molecular complexity index is 635. The summed E-state index contributed by atoms with van der Waals surface area (Å²) < 4.78 is 0.